The summed E-state index contributed by atoms with van der Waals surface area (Å²) >= 11 is 0. The van der Waals surface area contributed by atoms with Crippen molar-refractivity contribution in [3.63, 3.8) is 0 Å². The molecule has 1 aromatic rings. The highest BCUT2D eigenvalue weighted by atomic mass is 16.5. The molecule has 1 aliphatic carbocycles. The van der Waals surface area contributed by atoms with E-state index in [0.29, 0.717) is 29.9 Å². The minimum Gasteiger partial charge on any atom is -0.493 e. The Labute approximate surface area is 138 Å². The molecule has 3 rings (SSSR count). The lowest BCUT2D eigenvalue weighted by Gasteiger charge is -2.21. The van der Waals surface area contributed by atoms with Crippen LogP contribution >= 0.6 is 0 Å². The molecule has 1 spiro atoms. The smallest absolute Gasteiger partial charge is 0.203 e. The van der Waals surface area contributed by atoms with E-state index < -0.39 is 0 Å². The van der Waals surface area contributed by atoms with Gasteiger partial charge in [0, 0.05) is 12.6 Å². The first kappa shape index (κ1) is 16.4. The lowest BCUT2D eigenvalue weighted by atomic mass is 9.96. The van der Waals surface area contributed by atoms with Crippen molar-refractivity contribution in [1.29, 1.82) is 0 Å². The van der Waals surface area contributed by atoms with Gasteiger partial charge in [-0.1, -0.05) is 18.9 Å². The van der Waals surface area contributed by atoms with E-state index in [1.165, 1.54) is 25.7 Å². The van der Waals surface area contributed by atoms with Gasteiger partial charge in [-0.2, -0.15) is 0 Å². The molecular formula is C18H27NO4. The fourth-order valence-corrected chi connectivity index (χ4v) is 3.72. The summed E-state index contributed by atoms with van der Waals surface area (Å²) in [5.41, 5.74) is 0.171. The average Bonchev–Trinajstić information content (AvgIpc) is 3.21. The van der Waals surface area contributed by atoms with Gasteiger partial charge >= 0.3 is 0 Å². The monoisotopic (exact) mass is 321 g/mol. The summed E-state index contributed by atoms with van der Waals surface area (Å²) in [7, 11) is 3.27. The third kappa shape index (κ3) is 3.72. The molecule has 1 aromatic carbocycles. The number of ether oxygens (including phenoxy) is 4. The molecule has 0 amide bonds. The van der Waals surface area contributed by atoms with Crippen LogP contribution in [0.4, 0.5) is 0 Å². The molecule has 1 aliphatic heterocycles. The molecular weight excluding hydrogens is 294 g/mol. The van der Waals surface area contributed by atoms with E-state index in [1.807, 2.05) is 18.2 Å². The molecule has 1 saturated carbocycles. The zero-order valence-electron chi connectivity index (χ0n) is 14.1. The highest BCUT2D eigenvalue weighted by Gasteiger charge is 2.42. The van der Waals surface area contributed by atoms with Crippen molar-refractivity contribution in [2.75, 3.05) is 34.0 Å². The molecule has 0 aromatic heterocycles. The van der Waals surface area contributed by atoms with E-state index in [4.69, 9.17) is 18.9 Å². The summed E-state index contributed by atoms with van der Waals surface area (Å²) < 4.78 is 22.6. The van der Waals surface area contributed by atoms with Crippen molar-refractivity contribution in [2.45, 2.75) is 43.7 Å². The first-order valence-corrected chi connectivity index (χ1v) is 8.47. The molecule has 0 radical (unpaired) electrons. The lowest BCUT2D eigenvalue weighted by Crippen LogP contribution is -2.34. The number of rotatable bonds is 7. The van der Waals surface area contributed by atoms with Crippen LogP contribution in [0.2, 0.25) is 0 Å². The Balaban J connectivity index is 1.45. The predicted molar refractivity (Wildman–Crippen MR) is 88.6 cm³/mol. The van der Waals surface area contributed by atoms with E-state index in [9.17, 15) is 0 Å². The largest absolute Gasteiger partial charge is 0.493 e. The number of hydrogen-bond acceptors (Lipinski definition) is 5. The van der Waals surface area contributed by atoms with Crippen molar-refractivity contribution in [3.8, 4) is 17.2 Å². The maximum absolute atomic E-state index is 6.06. The minimum absolute atomic E-state index is 0.171. The molecule has 2 aliphatic rings. The van der Waals surface area contributed by atoms with E-state index in [-0.39, 0.29) is 5.60 Å². The third-order valence-corrected chi connectivity index (χ3v) is 4.89. The number of methoxy groups -OCH3 is 2. The van der Waals surface area contributed by atoms with E-state index in [2.05, 4.69) is 5.32 Å². The van der Waals surface area contributed by atoms with Gasteiger partial charge in [0.15, 0.2) is 11.5 Å². The van der Waals surface area contributed by atoms with Crippen LogP contribution in [0.1, 0.15) is 32.1 Å². The first-order valence-electron chi connectivity index (χ1n) is 8.47. The SMILES string of the molecule is COc1cccc(OC)c1OCCNC1COC2(CCCC2)C1. The van der Waals surface area contributed by atoms with E-state index in [0.717, 1.165) is 19.6 Å². The van der Waals surface area contributed by atoms with Gasteiger partial charge in [0.2, 0.25) is 5.75 Å². The van der Waals surface area contributed by atoms with Crippen LogP contribution in [0.3, 0.4) is 0 Å². The zero-order chi connectivity index (χ0) is 16.1. The molecule has 1 heterocycles. The summed E-state index contributed by atoms with van der Waals surface area (Å²) in [5, 5.41) is 3.55. The fraction of sp³-hybridized carbons (Fsp3) is 0.667. The molecule has 1 saturated heterocycles. The predicted octanol–water partition coefficient (Wildman–Crippen LogP) is 2.77. The van der Waals surface area contributed by atoms with Gasteiger partial charge in [-0.15, -0.1) is 0 Å². The summed E-state index contributed by atoms with van der Waals surface area (Å²) in [6.07, 6.45) is 6.19. The Hall–Kier alpha value is -1.46. The standard InChI is InChI=1S/C18H27NO4/c1-20-15-6-5-7-16(21-2)17(15)22-11-10-19-14-12-18(23-13-14)8-3-4-9-18/h5-7,14,19H,3-4,8-13H2,1-2H3. The van der Waals surface area contributed by atoms with Crippen LogP contribution in [0.5, 0.6) is 17.2 Å². The second-order valence-electron chi connectivity index (χ2n) is 6.40. The van der Waals surface area contributed by atoms with Crippen LogP contribution in [0.15, 0.2) is 18.2 Å². The van der Waals surface area contributed by atoms with Crippen molar-refractivity contribution in [1.82, 2.24) is 5.32 Å². The van der Waals surface area contributed by atoms with Crippen molar-refractivity contribution in [3.05, 3.63) is 18.2 Å². The first-order chi connectivity index (χ1) is 11.3. The van der Waals surface area contributed by atoms with Gasteiger partial charge < -0.3 is 24.3 Å². The maximum atomic E-state index is 6.06. The molecule has 1 atom stereocenters. The highest BCUT2D eigenvalue weighted by Crippen LogP contribution is 2.41. The number of para-hydroxylation sites is 1. The van der Waals surface area contributed by atoms with Crippen LogP contribution in [0.25, 0.3) is 0 Å². The summed E-state index contributed by atoms with van der Waals surface area (Å²) in [5.74, 6) is 2.05. The molecule has 23 heavy (non-hydrogen) atoms. The second-order valence-corrected chi connectivity index (χ2v) is 6.40. The van der Waals surface area contributed by atoms with Crippen LogP contribution in [-0.4, -0.2) is 45.6 Å². The quantitative estimate of drug-likeness (QED) is 0.783. The van der Waals surface area contributed by atoms with Gasteiger partial charge in [-0.3, -0.25) is 0 Å². The van der Waals surface area contributed by atoms with Crippen LogP contribution < -0.4 is 19.5 Å². The van der Waals surface area contributed by atoms with Gasteiger partial charge in [-0.05, 0) is 31.4 Å². The number of nitrogens with one attached hydrogen (secondary N) is 1. The normalized spacial score (nSPS) is 22.4. The van der Waals surface area contributed by atoms with Crippen LogP contribution in [-0.2, 0) is 4.74 Å². The van der Waals surface area contributed by atoms with Gasteiger partial charge in [0.25, 0.3) is 0 Å². The molecule has 128 valence electrons. The van der Waals surface area contributed by atoms with Gasteiger partial charge in [0.1, 0.15) is 6.61 Å². The van der Waals surface area contributed by atoms with Gasteiger partial charge in [-0.25, -0.2) is 0 Å². The fourth-order valence-electron chi connectivity index (χ4n) is 3.72. The van der Waals surface area contributed by atoms with E-state index >= 15 is 0 Å². The highest BCUT2D eigenvalue weighted by molar-refractivity contribution is 5.51. The topological polar surface area (TPSA) is 49.0 Å². The summed E-state index contributed by atoms with van der Waals surface area (Å²) in [6.45, 7) is 2.17. The maximum Gasteiger partial charge on any atom is 0.203 e. The third-order valence-electron chi connectivity index (χ3n) is 4.89. The van der Waals surface area contributed by atoms with Crippen molar-refractivity contribution < 1.29 is 18.9 Å². The molecule has 0 bridgehead atoms. The van der Waals surface area contributed by atoms with Crippen LogP contribution in [0, 0.1) is 0 Å². The molecule has 1 N–H and O–H groups in total. The van der Waals surface area contributed by atoms with Gasteiger partial charge in [0.05, 0.1) is 26.4 Å². The van der Waals surface area contributed by atoms with E-state index in [1.54, 1.807) is 14.2 Å². The molecule has 5 heteroatoms. The summed E-state index contributed by atoms with van der Waals surface area (Å²) in [4.78, 5) is 0. The Kier molecular flexibility index (Phi) is 5.28. The Morgan fingerprint density at radius 1 is 1.17 bits per heavy atom. The second kappa shape index (κ2) is 7.41. The van der Waals surface area contributed by atoms with Crippen molar-refractivity contribution in [2.24, 2.45) is 0 Å². The molecule has 2 fully saturated rings. The molecule has 5 nitrogen and oxygen atoms in total. The Morgan fingerprint density at radius 3 is 2.52 bits per heavy atom. The van der Waals surface area contributed by atoms with Crippen molar-refractivity contribution >= 4 is 0 Å². The number of benzene rings is 1. The summed E-state index contributed by atoms with van der Waals surface area (Å²) in [6, 6.07) is 6.08. The minimum atomic E-state index is 0.171. The number of hydrogen-bond donors (Lipinski definition) is 1. The average molecular weight is 321 g/mol. The molecule has 1 unspecified atom stereocenters. The lowest BCUT2D eigenvalue weighted by molar-refractivity contribution is 0.00989. The zero-order valence-corrected chi connectivity index (χ0v) is 14.1. The Morgan fingerprint density at radius 2 is 1.87 bits per heavy atom. The Bertz CT molecular complexity index is 491.